The average Bonchev–Trinajstić information content (AvgIpc) is 3.16. The van der Waals surface area contributed by atoms with Crippen LogP contribution in [-0.2, 0) is 4.79 Å². The van der Waals surface area contributed by atoms with Crippen molar-refractivity contribution < 1.29 is 19.1 Å². The SMILES string of the molecule is N#C/C(=C\c1cccn1-c1cccc(C(=O)[O-])c1)C(=O)Nc1ccc(F)cc1. The molecule has 0 aliphatic carbocycles. The lowest BCUT2D eigenvalue weighted by Crippen LogP contribution is -2.22. The molecule has 2 aromatic carbocycles. The van der Waals surface area contributed by atoms with Gasteiger partial charge in [0.1, 0.15) is 17.5 Å². The summed E-state index contributed by atoms with van der Waals surface area (Å²) < 4.78 is 14.6. The van der Waals surface area contributed by atoms with Gasteiger partial charge in [-0.3, -0.25) is 4.79 Å². The molecule has 0 aliphatic rings. The lowest BCUT2D eigenvalue weighted by molar-refractivity contribution is -0.255. The number of carbonyl (C=O) groups is 2. The average molecular weight is 374 g/mol. The van der Waals surface area contributed by atoms with E-state index in [9.17, 15) is 24.3 Å². The van der Waals surface area contributed by atoms with Crippen molar-refractivity contribution in [1.82, 2.24) is 4.57 Å². The molecule has 0 unspecified atom stereocenters. The van der Waals surface area contributed by atoms with Crippen LogP contribution in [0.2, 0.25) is 0 Å². The lowest BCUT2D eigenvalue weighted by Gasteiger charge is -2.10. The Labute approximate surface area is 159 Å². The Morgan fingerprint density at radius 3 is 2.54 bits per heavy atom. The zero-order valence-electron chi connectivity index (χ0n) is 14.4. The summed E-state index contributed by atoms with van der Waals surface area (Å²) in [6.45, 7) is 0. The number of nitriles is 1. The van der Waals surface area contributed by atoms with E-state index in [1.807, 2.05) is 6.07 Å². The van der Waals surface area contributed by atoms with Crippen LogP contribution in [0, 0.1) is 17.1 Å². The Hall–Kier alpha value is -4.18. The van der Waals surface area contributed by atoms with Crippen LogP contribution in [0.4, 0.5) is 10.1 Å². The number of hydrogen-bond donors (Lipinski definition) is 1. The number of rotatable bonds is 5. The number of aromatic carboxylic acids is 1. The van der Waals surface area contributed by atoms with Gasteiger partial charge in [-0.25, -0.2) is 4.39 Å². The fourth-order valence-electron chi connectivity index (χ4n) is 2.56. The van der Waals surface area contributed by atoms with Crippen molar-refractivity contribution in [2.75, 3.05) is 5.32 Å². The van der Waals surface area contributed by atoms with Gasteiger partial charge in [-0.05, 0) is 60.2 Å². The monoisotopic (exact) mass is 374 g/mol. The van der Waals surface area contributed by atoms with E-state index in [0.717, 1.165) is 0 Å². The molecule has 1 amide bonds. The minimum absolute atomic E-state index is 0.00990. The second kappa shape index (κ2) is 8.01. The summed E-state index contributed by atoms with van der Waals surface area (Å²) in [5, 5.41) is 22.9. The molecule has 0 fully saturated rings. The number of aromatic nitrogens is 1. The number of nitrogens with zero attached hydrogens (tertiary/aromatic N) is 2. The second-order valence-corrected chi connectivity index (χ2v) is 5.77. The smallest absolute Gasteiger partial charge is 0.266 e. The Morgan fingerprint density at radius 1 is 1.11 bits per heavy atom. The maximum absolute atomic E-state index is 13.0. The van der Waals surface area contributed by atoms with Gasteiger partial charge in [0.2, 0.25) is 0 Å². The van der Waals surface area contributed by atoms with E-state index in [0.29, 0.717) is 17.1 Å². The first kappa shape index (κ1) is 18.6. The largest absolute Gasteiger partial charge is 0.545 e. The lowest BCUT2D eigenvalue weighted by atomic mass is 10.2. The van der Waals surface area contributed by atoms with Gasteiger partial charge in [-0.1, -0.05) is 12.1 Å². The van der Waals surface area contributed by atoms with Crippen LogP contribution in [0.1, 0.15) is 16.1 Å². The molecule has 28 heavy (non-hydrogen) atoms. The maximum atomic E-state index is 13.0. The molecule has 1 aromatic heterocycles. The van der Waals surface area contributed by atoms with E-state index in [-0.39, 0.29) is 11.1 Å². The Kier molecular flexibility index (Phi) is 5.33. The van der Waals surface area contributed by atoms with E-state index in [1.165, 1.54) is 42.5 Å². The number of hydrogen-bond acceptors (Lipinski definition) is 4. The third kappa shape index (κ3) is 4.14. The number of carboxylic acid groups (broad SMARTS) is 1. The topological polar surface area (TPSA) is 97.9 Å². The molecule has 6 nitrogen and oxygen atoms in total. The zero-order valence-corrected chi connectivity index (χ0v) is 14.4. The van der Waals surface area contributed by atoms with E-state index in [2.05, 4.69) is 5.32 Å². The highest BCUT2D eigenvalue weighted by Gasteiger charge is 2.12. The van der Waals surface area contributed by atoms with Crippen molar-refractivity contribution >= 4 is 23.6 Å². The number of carbonyl (C=O) groups excluding carboxylic acids is 2. The summed E-state index contributed by atoms with van der Waals surface area (Å²) >= 11 is 0. The molecular weight excluding hydrogens is 361 g/mol. The molecule has 0 saturated heterocycles. The quantitative estimate of drug-likeness (QED) is 0.548. The normalized spacial score (nSPS) is 10.9. The highest BCUT2D eigenvalue weighted by Crippen LogP contribution is 2.18. The van der Waals surface area contributed by atoms with Crippen molar-refractivity contribution in [2.45, 2.75) is 0 Å². The van der Waals surface area contributed by atoms with Crippen molar-refractivity contribution in [3.05, 3.63) is 89.5 Å². The van der Waals surface area contributed by atoms with Gasteiger partial charge in [0.15, 0.2) is 0 Å². The van der Waals surface area contributed by atoms with Gasteiger partial charge in [0.05, 0.1) is 5.97 Å². The predicted octanol–water partition coefficient (Wildman–Crippen LogP) is 2.53. The van der Waals surface area contributed by atoms with Crippen LogP contribution in [0.5, 0.6) is 0 Å². The molecule has 1 heterocycles. The molecule has 0 bridgehead atoms. The number of halogens is 1. The first-order valence-electron chi connectivity index (χ1n) is 8.16. The molecule has 138 valence electrons. The fourth-order valence-corrected chi connectivity index (χ4v) is 2.56. The highest BCUT2D eigenvalue weighted by atomic mass is 19.1. The summed E-state index contributed by atoms with van der Waals surface area (Å²) in [6, 6.07) is 16.5. The van der Waals surface area contributed by atoms with Crippen molar-refractivity contribution in [2.24, 2.45) is 0 Å². The molecular formula is C21H13FN3O3-. The van der Waals surface area contributed by atoms with Crippen LogP contribution < -0.4 is 10.4 Å². The van der Waals surface area contributed by atoms with Gasteiger partial charge in [0, 0.05) is 23.3 Å². The third-order valence-corrected chi connectivity index (χ3v) is 3.90. The van der Waals surface area contributed by atoms with Gasteiger partial charge >= 0.3 is 0 Å². The number of anilines is 1. The second-order valence-electron chi connectivity index (χ2n) is 5.77. The number of carboxylic acids is 1. The summed E-state index contributed by atoms with van der Waals surface area (Å²) in [4.78, 5) is 23.4. The van der Waals surface area contributed by atoms with Gasteiger partial charge in [0.25, 0.3) is 5.91 Å². The molecule has 3 rings (SSSR count). The molecule has 1 N–H and O–H groups in total. The van der Waals surface area contributed by atoms with Gasteiger partial charge < -0.3 is 19.8 Å². The summed E-state index contributed by atoms with van der Waals surface area (Å²) in [7, 11) is 0. The van der Waals surface area contributed by atoms with E-state index in [1.54, 1.807) is 35.0 Å². The van der Waals surface area contributed by atoms with E-state index in [4.69, 9.17) is 0 Å². The Bertz CT molecular complexity index is 1110. The summed E-state index contributed by atoms with van der Waals surface area (Å²) in [5.41, 5.74) is 1.23. The predicted molar refractivity (Wildman–Crippen MR) is 98.7 cm³/mol. The van der Waals surface area contributed by atoms with Gasteiger partial charge in [-0.2, -0.15) is 5.26 Å². The van der Waals surface area contributed by atoms with Crippen molar-refractivity contribution in [3.8, 4) is 11.8 Å². The van der Waals surface area contributed by atoms with Crippen LogP contribution >= 0.6 is 0 Å². The first-order chi connectivity index (χ1) is 13.5. The minimum Gasteiger partial charge on any atom is -0.545 e. The standard InChI is InChI=1S/C21H14FN3O3/c22-16-6-8-17(9-7-16)24-20(26)15(13-23)12-19-5-2-10-25(19)18-4-1-3-14(11-18)21(27)28/h1-12H,(H,24,26)(H,27,28)/p-1/b15-12+. The summed E-state index contributed by atoms with van der Waals surface area (Å²) in [5.74, 6) is -2.39. The first-order valence-corrected chi connectivity index (χ1v) is 8.16. The molecule has 7 heteroatoms. The van der Waals surface area contributed by atoms with Crippen molar-refractivity contribution in [1.29, 1.82) is 5.26 Å². The zero-order chi connectivity index (χ0) is 20.1. The number of amides is 1. The van der Waals surface area contributed by atoms with Crippen LogP contribution in [0.15, 0.2) is 72.4 Å². The molecule has 0 radical (unpaired) electrons. The van der Waals surface area contributed by atoms with Crippen molar-refractivity contribution in [3.63, 3.8) is 0 Å². The summed E-state index contributed by atoms with van der Waals surface area (Å²) in [6.07, 6.45) is 3.05. The number of benzene rings is 2. The molecule has 0 atom stereocenters. The Morgan fingerprint density at radius 2 is 1.86 bits per heavy atom. The highest BCUT2D eigenvalue weighted by molar-refractivity contribution is 6.09. The number of nitrogens with one attached hydrogen (secondary N) is 1. The minimum atomic E-state index is -1.30. The van der Waals surface area contributed by atoms with Gasteiger partial charge in [-0.15, -0.1) is 0 Å². The van der Waals surface area contributed by atoms with E-state index >= 15 is 0 Å². The van der Waals surface area contributed by atoms with Crippen LogP contribution in [-0.4, -0.2) is 16.4 Å². The molecule has 0 aliphatic heterocycles. The molecule has 0 spiro atoms. The van der Waals surface area contributed by atoms with Crippen LogP contribution in [0.25, 0.3) is 11.8 Å². The molecule has 3 aromatic rings. The molecule has 0 saturated carbocycles. The Balaban J connectivity index is 1.90. The van der Waals surface area contributed by atoms with E-state index < -0.39 is 17.7 Å². The maximum Gasteiger partial charge on any atom is 0.266 e. The third-order valence-electron chi connectivity index (χ3n) is 3.90. The van der Waals surface area contributed by atoms with Crippen LogP contribution in [0.3, 0.4) is 0 Å². The fraction of sp³-hybridized carbons (Fsp3) is 0.